The van der Waals surface area contributed by atoms with E-state index in [1.807, 2.05) is 4.68 Å². The monoisotopic (exact) mass is 271 g/mol. The van der Waals surface area contributed by atoms with E-state index in [0.29, 0.717) is 19.6 Å². The first-order chi connectivity index (χ1) is 9.28. The summed E-state index contributed by atoms with van der Waals surface area (Å²) in [7, 11) is 1.70. The van der Waals surface area contributed by atoms with Crippen LogP contribution in [0, 0.1) is 0 Å². The summed E-state index contributed by atoms with van der Waals surface area (Å²) in [5, 5.41) is 7.98. The number of nitrogens with one attached hydrogen (secondary N) is 1. The Labute approximate surface area is 115 Å². The van der Waals surface area contributed by atoms with Gasteiger partial charge in [-0.05, 0) is 19.3 Å². The molecule has 0 aliphatic carbocycles. The maximum atomic E-state index is 12.3. The van der Waals surface area contributed by atoms with Crippen LogP contribution in [0.3, 0.4) is 0 Å². The van der Waals surface area contributed by atoms with Crippen LogP contribution in [-0.4, -0.2) is 36.7 Å². The van der Waals surface area contributed by atoms with Crippen molar-refractivity contribution < 1.29 is 9.13 Å². The van der Waals surface area contributed by atoms with Gasteiger partial charge in [0, 0.05) is 38.0 Å². The van der Waals surface area contributed by atoms with Crippen LogP contribution >= 0.6 is 0 Å². The molecule has 5 heteroatoms. The second-order valence-electron chi connectivity index (χ2n) is 4.51. The van der Waals surface area contributed by atoms with Crippen molar-refractivity contribution in [1.82, 2.24) is 15.1 Å². The highest BCUT2D eigenvalue weighted by atomic mass is 19.1. The smallest absolute Gasteiger partial charge is 0.0912 e. The van der Waals surface area contributed by atoms with Gasteiger partial charge in [0.2, 0.25) is 0 Å². The molecule has 1 aromatic rings. The van der Waals surface area contributed by atoms with Crippen LogP contribution in [0.4, 0.5) is 4.39 Å². The zero-order valence-electron chi connectivity index (χ0n) is 12.3. The molecule has 0 aromatic carbocycles. The maximum Gasteiger partial charge on any atom is 0.0912 e. The van der Waals surface area contributed by atoms with Gasteiger partial charge in [0.05, 0.1) is 19.0 Å². The van der Waals surface area contributed by atoms with Crippen molar-refractivity contribution in [2.45, 2.75) is 46.2 Å². The Bertz CT molecular complexity index is 366. The van der Waals surface area contributed by atoms with E-state index in [1.54, 1.807) is 7.11 Å². The van der Waals surface area contributed by atoms with Gasteiger partial charge in [-0.25, -0.2) is 0 Å². The van der Waals surface area contributed by atoms with Crippen molar-refractivity contribution in [1.29, 1.82) is 0 Å². The van der Waals surface area contributed by atoms with Gasteiger partial charge in [0.1, 0.15) is 0 Å². The lowest BCUT2D eigenvalue weighted by atomic mass is 10.1. The Morgan fingerprint density at radius 2 is 2.11 bits per heavy atom. The minimum Gasteiger partial charge on any atom is -0.383 e. The Morgan fingerprint density at radius 3 is 2.68 bits per heavy atom. The third kappa shape index (κ3) is 4.58. The molecule has 4 nitrogen and oxygen atoms in total. The fraction of sp³-hybridized carbons (Fsp3) is 0.786. The molecule has 1 heterocycles. The number of aryl methyl sites for hydroxylation is 2. The molecule has 0 spiro atoms. The molecule has 0 aliphatic rings. The van der Waals surface area contributed by atoms with Crippen LogP contribution in [-0.2, 0) is 30.7 Å². The highest BCUT2D eigenvalue weighted by Gasteiger charge is 2.14. The number of rotatable bonds is 10. The normalized spacial score (nSPS) is 11.2. The zero-order valence-corrected chi connectivity index (χ0v) is 12.3. The van der Waals surface area contributed by atoms with E-state index in [0.717, 1.165) is 31.6 Å². The molecule has 0 saturated carbocycles. The summed E-state index contributed by atoms with van der Waals surface area (Å²) in [6.07, 6.45) is 2.38. The lowest BCUT2D eigenvalue weighted by Crippen LogP contribution is -2.20. The van der Waals surface area contributed by atoms with Crippen LogP contribution in [0.5, 0.6) is 0 Å². The number of nitrogens with zero attached hydrogens (tertiary/aromatic N) is 2. The SMILES string of the molecule is CCc1nn(CCCF)c(CC)c1CNCCOC. The molecule has 0 aliphatic heterocycles. The molecule has 0 amide bonds. The summed E-state index contributed by atoms with van der Waals surface area (Å²) in [5.41, 5.74) is 3.64. The molecular formula is C14H26FN3O. The van der Waals surface area contributed by atoms with Gasteiger partial charge >= 0.3 is 0 Å². The first kappa shape index (κ1) is 16.1. The van der Waals surface area contributed by atoms with Crippen molar-refractivity contribution in [3.05, 3.63) is 17.0 Å². The number of halogens is 1. The second-order valence-corrected chi connectivity index (χ2v) is 4.51. The van der Waals surface area contributed by atoms with Crippen LogP contribution in [0.15, 0.2) is 0 Å². The molecule has 0 fully saturated rings. The molecule has 0 bridgehead atoms. The quantitative estimate of drug-likeness (QED) is 0.662. The van der Waals surface area contributed by atoms with E-state index >= 15 is 0 Å². The largest absolute Gasteiger partial charge is 0.383 e. The van der Waals surface area contributed by atoms with Crippen molar-refractivity contribution in [2.24, 2.45) is 0 Å². The number of hydrogen-bond donors (Lipinski definition) is 1. The summed E-state index contributed by atoms with van der Waals surface area (Å²) in [4.78, 5) is 0. The van der Waals surface area contributed by atoms with E-state index in [2.05, 4.69) is 24.3 Å². The predicted molar refractivity (Wildman–Crippen MR) is 75.2 cm³/mol. The summed E-state index contributed by atoms with van der Waals surface area (Å²) in [6, 6.07) is 0. The van der Waals surface area contributed by atoms with Gasteiger partial charge in [0.15, 0.2) is 0 Å². The standard InChI is InChI=1S/C14H26FN3O/c1-4-13-12(11-16-8-10-19-3)14(5-2)18(17-13)9-6-7-15/h16H,4-11H2,1-3H3. The first-order valence-corrected chi connectivity index (χ1v) is 7.11. The molecule has 1 rings (SSSR count). The van der Waals surface area contributed by atoms with Crippen LogP contribution < -0.4 is 5.32 Å². The summed E-state index contributed by atoms with van der Waals surface area (Å²) in [6.45, 7) is 6.97. The Balaban J connectivity index is 2.77. The average Bonchev–Trinajstić information content (AvgIpc) is 2.78. The molecule has 0 saturated heterocycles. The van der Waals surface area contributed by atoms with Crippen LogP contribution in [0.2, 0.25) is 0 Å². The van der Waals surface area contributed by atoms with Crippen molar-refractivity contribution >= 4 is 0 Å². The molecule has 1 N–H and O–H groups in total. The van der Waals surface area contributed by atoms with Gasteiger partial charge in [0.25, 0.3) is 0 Å². The Kier molecular flexibility index (Phi) is 7.67. The number of alkyl halides is 1. The summed E-state index contributed by atoms with van der Waals surface area (Å²) >= 11 is 0. The Morgan fingerprint density at radius 1 is 1.32 bits per heavy atom. The zero-order chi connectivity index (χ0) is 14.1. The summed E-state index contributed by atoms with van der Waals surface area (Å²) < 4.78 is 19.3. The lowest BCUT2D eigenvalue weighted by molar-refractivity contribution is 0.199. The van der Waals surface area contributed by atoms with Gasteiger partial charge in [-0.1, -0.05) is 13.8 Å². The Hall–Kier alpha value is -0.940. The third-order valence-electron chi connectivity index (χ3n) is 3.21. The lowest BCUT2D eigenvalue weighted by Gasteiger charge is -2.08. The average molecular weight is 271 g/mol. The second kappa shape index (κ2) is 9.04. The predicted octanol–water partition coefficient (Wildman–Crippen LogP) is 2.10. The van der Waals surface area contributed by atoms with E-state index in [4.69, 9.17) is 4.74 Å². The van der Waals surface area contributed by atoms with Gasteiger partial charge in [-0.2, -0.15) is 5.10 Å². The number of hydrogen-bond acceptors (Lipinski definition) is 3. The number of methoxy groups -OCH3 is 1. The number of aromatic nitrogens is 2. The van der Waals surface area contributed by atoms with Crippen molar-refractivity contribution in [3.63, 3.8) is 0 Å². The molecule has 0 radical (unpaired) electrons. The minimum atomic E-state index is -0.286. The molecule has 1 aromatic heterocycles. The third-order valence-corrected chi connectivity index (χ3v) is 3.21. The maximum absolute atomic E-state index is 12.3. The summed E-state index contributed by atoms with van der Waals surface area (Å²) in [5.74, 6) is 0. The van der Waals surface area contributed by atoms with Crippen molar-refractivity contribution in [2.75, 3.05) is 26.9 Å². The van der Waals surface area contributed by atoms with Gasteiger partial charge < -0.3 is 10.1 Å². The fourth-order valence-corrected chi connectivity index (χ4v) is 2.25. The highest BCUT2D eigenvalue weighted by molar-refractivity contribution is 5.26. The highest BCUT2D eigenvalue weighted by Crippen LogP contribution is 2.16. The molecular weight excluding hydrogens is 245 g/mol. The topological polar surface area (TPSA) is 39.1 Å². The van der Waals surface area contributed by atoms with Crippen LogP contribution in [0.25, 0.3) is 0 Å². The molecule has 0 atom stereocenters. The van der Waals surface area contributed by atoms with E-state index in [-0.39, 0.29) is 6.67 Å². The number of ether oxygens (including phenoxy) is 1. The van der Waals surface area contributed by atoms with Crippen LogP contribution in [0.1, 0.15) is 37.2 Å². The molecule has 0 unspecified atom stereocenters. The van der Waals surface area contributed by atoms with E-state index in [9.17, 15) is 4.39 Å². The fourth-order valence-electron chi connectivity index (χ4n) is 2.25. The van der Waals surface area contributed by atoms with Crippen molar-refractivity contribution in [3.8, 4) is 0 Å². The van der Waals surface area contributed by atoms with Gasteiger partial charge in [-0.15, -0.1) is 0 Å². The van der Waals surface area contributed by atoms with E-state index in [1.165, 1.54) is 11.3 Å². The van der Waals surface area contributed by atoms with E-state index < -0.39 is 0 Å². The minimum absolute atomic E-state index is 0.286. The molecule has 110 valence electrons. The first-order valence-electron chi connectivity index (χ1n) is 7.11. The van der Waals surface area contributed by atoms with Gasteiger partial charge in [-0.3, -0.25) is 9.07 Å². The molecule has 19 heavy (non-hydrogen) atoms.